The van der Waals surface area contributed by atoms with E-state index in [1.54, 1.807) is 0 Å². The number of unbranched alkanes of at least 4 members (excludes halogenated alkanes) is 7. The molecule has 0 fully saturated rings. The summed E-state index contributed by atoms with van der Waals surface area (Å²) in [5.41, 5.74) is 0. The molecule has 0 aliphatic rings. The Hall–Kier alpha value is -1.14. The van der Waals surface area contributed by atoms with E-state index < -0.39 is 30.3 Å². The van der Waals surface area contributed by atoms with Crippen LogP contribution < -0.4 is 0 Å². The van der Waals surface area contributed by atoms with Gasteiger partial charge in [0.25, 0.3) is 0 Å². The van der Waals surface area contributed by atoms with Gasteiger partial charge in [0.1, 0.15) is 24.9 Å². The molecular formula is C18H34O6. The number of aliphatic hydroxyl groups is 2. The number of ether oxygens (including phenoxy) is 2. The lowest BCUT2D eigenvalue weighted by Gasteiger charge is -2.19. The van der Waals surface area contributed by atoms with Crippen molar-refractivity contribution >= 4 is 11.9 Å². The number of esters is 2. The van der Waals surface area contributed by atoms with Crippen molar-refractivity contribution in [3.8, 4) is 0 Å². The van der Waals surface area contributed by atoms with Crippen LogP contribution >= 0.6 is 0 Å². The summed E-state index contributed by atoms with van der Waals surface area (Å²) in [7, 11) is 0. The maximum absolute atomic E-state index is 11.5. The summed E-state index contributed by atoms with van der Waals surface area (Å²) in [6.45, 7) is 4.74. The minimum atomic E-state index is -1.21. The van der Waals surface area contributed by atoms with Crippen LogP contribution in [0.1, 0.15) is 78.6 Å². The predicted octanol–water partition coefficient (Wildman–Crippen LogP) is 2.73. The third kappa shape index (κ3) is 12.3. The number of carbonyl (C=O) groups is 2. The van der Waals surface area contributed by atoms with Gasteiger partial charge in [-0.15, -0.1) is 0 Å². The van der Waals surface area contributed by atoms with Crippen LogP contribution in [0.2, 0.25) is 0 Å². The first-order chi connectivity index (χ1) is 11.4. The fourth-order valence-corrected chi connectivity index (χ4v) is 2.24. The van der Waals surface area contributed by atoms with Gasteiger partial charge >= 0.3 is 11.9 Å². The standard InChI is InChI=1S/C18H34O6/c1-4-5-6-7-8-9-10-11-12-16(24-18(22)15(3)20)13-23-17(21)14(2)19/h14-16,19-20H,4-13H2,1-3H3. The predicted molar refractivity (Wildman–Crippen MR) is 91.4 cm³/mol. The van der Waals surface area contributed by atoms with Crippen molar-refractivity contribution in [1.82, 2.24) is 0 Å². The van der Waals surface area contributed by atoms with E-state index in [0.717, 1.165) is 19.3 Å². The molecule has 6 heteroatoms. The zero-order valence-electron chi connectivity index (χ0n) is 15.3. The number of rotatable bonds is 14. The molecule has 6 nitrogen and oxygen atoms in total. The summed E-state index contributed by atoms with van der Waals surface area (Å²) in [5, 5.41) is 18.3. The molecular weight excluding hydrogens is 312 g/mol. The third-order valence-electron chi connectivity index (χ3n) is 3.76. The van der Waals surface area contributed by atoms with E-state index in [2.05, 4.69) is 6.92 Å². The van der Waals surface area contributed by atoms with Crippen LogP contribution in [0.5, 0.6) is 0 Å². The summed E-state index contributed by atoms with van der Waals surface area (Å²) in [5.74, 6) is -1.48. The lowest BCUT2D eigenvalue weighted by atomic mass is 10.1. The SMILES string of the molecule is CCCCCCCCCCC(COC(=O)C(C)O)OC(=O)C(C)O. The zero-order chi connectivity index (χ0) is 18.4. The minimum absolute atomic E-state index is 0.0985. The third-order valence-corrected chi connectivity index (χ3v) is 3.76. The van der Waals surface area contributed by atoms with Crippen LogP contribution in [0, 0.1) is 0 Å². The Labute approximate surface area is 145 Å². The van der Waals surface area contributed by atoms with E-state index in [1.807, 2.05) is 0 Å². The van der Waals surface area contributed by atoms with E-state index >= 15 is 0 Å². The molecule has 0 aromatic rings. The maximum atomic E-state index is 11.5. The van der Waals surface area contributed by atoms with Gasteiger partial charge in [-0.2, -0.15) is 0 Å². The highest BCUT2D eigenvalue weighted by atomic mass is 16.6. The highest BCUT2D eigenvalue weighted by Crippen LogP contribution is 2.13. The molecule has 0 bridgehead atoms. The fraction of sp³-hybridized carbons (Fsp3) is 0.889. The summed E-state index contributed by atoms with van der Waals surface area (Å²) >= 11 is 0. The molecule has 0 saturated heterocycles. The fourth-order valence-electron chi connectivity index (χ4n) is 2.24. The lowest BCUT2D eigenvalue weighted by Crippen LogP contribution is -2.31. The highest BCUT2D eigenvalue weighted by Gasteiger charge is 2.20. The molecule has 0 aromatic heterocycles. The van der Waals surface area contributed by atoms with Crippen molar-refractivity contribution in [2.24, 2.45) is 0 Å². The Balaban J connectivity index is 4.06. The van der Waals surface area contributed by atoms with Crippen LogP contribution in [0.15, 0.2) is 0 Å². The average Bonchev–Trinajstić information content (AvgIpc) is 2.53. The van der Waals surface area contributed by atoms with Gasteiger partial charge in [0.15, 0.2) is 0 Å². The molecule has 24 heavy (non-hydrogen) atoms. The molecule has 0 aliphatic heterocycles. The van der Waals surface area contributed by atoms with Gasteiger partial charge in [-0.1, -0.05) is 51.9 Å². The molecule has 0 rings (SSSR count). The van der Waals surface area contributed by atoms with Crippen molar-refractivity contribution < 1.29 is 29.3 Å². The minimum Gasteiger partial charge on any atom is -0.460 e. The second kappa shape index (κ2) is 14.2. The van der Waals surface area contributed by atoms with Crippen molar-refractivity contribution in [3.63, 3.8) is 0 Å². The average molecular weight is 346 g/mol. The van der Waals surface area contributed by atoms with E-state index in [1.165, 1.54) is 46.0 Å². The molecule has 0 aromatic carbocycles. The van der Waals surface area contributed by atoms with Gasteiger partial charge < -0.3 is 19.7 Å². The van der Waals surface area contributed by atoms with Crippen LogP contribution in [0.4, 0.5) is 0 Å². The number of carbonyl (C=O) groups excluding carboxylic acids is 2. The highest BCUT2D eigenvalue weighted by molar-refractivity contribution is 5.74. The van der Waals surface area contributed by atoms with Crippen LogP contribution in [0.3, 0.4) is 0 Å². The molecule has 0 radical (unpaired) electrons. The molecule has 0 saturated carbocycles. The normalized spacial score (nSPS) is 14.7. The molecule has 0 heterocycles. The second-order valence-corrected chi connectivity index (χ2v) is 6.30. The van der Waals surface area contributed by atoms with Crippen LogP contribution in [-0.4, -0.2) is 47.1 Å². The summed E-state index contributed by atoms with van der Waals surface area (Å²) in [6, 6.07) is 0. The quantitative estimate of drug-likeness (QED) is 0.371. The Morgan fingerprint density at radius 2 is 1.33 bits per heavy atom. The summed E-state index contributed by atoms with van der Waals surface area (Å²) in [6.07, 6.45) is 6.84. The Kier molecular flexibility index (Phi) is 13.5. The van der Waals surface area contributed by atoms with E-state index in [-0.39, 0.29) is 6.61 Å². The van der Waals surface area contributed by atoms with Crippen molar-refractivity contribution in [2.75, 3.05) is 6.61 Å². The second-order valence-electron chi connectivity index (χ2n) is 6.30. The van der Waals surface area contributed by atoms with Gasteiger partial charge in [0, 0.05) is 0 Å². The van der Waals surface area contributed by atoms with Crippen molar-refractivity contribution in [3.05, 3.63) is 0 Å². The Morgan fingerprint density at radius 1 is 0.833 bits per heavy atom. The van der Waals surface area contributed by atoms with Crippen LogP contribution in [0.25, 0.3) is 0 Å². The monoisotopic (exact) mass is 346 g/mol. The molecule has 142 valence electrons. The first-order valence-corrected chi connectivity index (χ1v) is 9.11. The van der Waals surface area contributed by atoms with Gasteiger partial charge in [-0.05, 0) is 26.7 Å². The Morgan fingerprint density at radius 3 is 1.83 bits per heavy atom. The molecule has 3 unspecified atom stereocenters. The van der Waals surface area contributed by atoms with Gasteiger partial charge in [-0.25, -0.2) is 9.59 Å². The summed E-state index contributed by atoms with van der Waals surface area (Å²) < 4.78 is 10.1. The van der Waals surface area contributed by atoms with Gasteiger partial charge in [0.05, 0.1) is 0 Å². The van der Waals surface area contributed by atoms with E-state index in [0.29, 0.717) is 6.42 Å². The molecule has 2 N–H and O–H groups in total. The van der Waals surface area contributed by atoms with Crippen molar-refractivity contribution in [1.29, 1.82) is 0 Å². The maximum Gasteiger partial charge on any atom is 0.335 e. The number of hydrogen-bond donors (Lipinski definition) is 2. The van der Waals surface area contributed by atoms with Crippen molar-refractivity contribution in [2.45, 2.75) is 96.9 Å². The number of hydrogen-bond acceptors (Lipinski definition) is 6. The largest absolute Gasteiger partial charge is 0.460 e. The molecule has 3 atom stereocenters. The van der Waals surface area contributed by atoms with E-state index in [9.17, 15) is 14.7 Å². The zero-order valence-corrected chi connectivity index (χ0v) is 15.3. The van der Waals surface area contributed by atoms with Gasteiger partial charge in [0.2, 0.25) is 0 Å². The molecule has 0 amide bonds. The van der Waals surface area contributed by atoms with Crippen LogP contribution in [-0.2, 0) is 19.1 Å². The summed E-state index contributed by atoms with van der Waals surface area (Å²) in [4.78, 5) is 22.8. The molecule has 0 aliphatic carbocycles. The van der Waals surface area contributed by atoms with Gasteiger partial charge in [-0.3, -0.25) is 0 Å². The van der Waals surface area contributed by atoms with E-state index in [4.69, 9.17) is 14.6 Å². The topological polar surface area (TPSA) is 93.1 Å². The lowest BCUT2D eigenvalue weighted by molar-refractivity contribution is -0.168. The smallest absolute Gasteiger partial charge is 0.335 e. The number of aliphatic hydroxyl groups excluding tert-OH is 2. The molecule has 0 spiro atoms. The first-order valence-electron chi connectivity index (χ1n) is 9.11. The Bertz CT molecular complexity index is 340. The first kappa shape index (κ1) is 22.9.